The smallest absolute Gasteiger partial charge is 0.0963 e. The lowest BCUT2D eigenvalue weighted by Crippen LogP contribution is -2.31. The lowest BCUT2D eigenvalue weighted by molar-refractivity contribution is 0.103. The molecule has 1 aliphatic carbocycles. The van der Waals surface area contributed by atoms with Crippen molar-refractivity contribution in [1.29, 1.82) is 5.41 Å². The van der Waals surface area contributed by atoms with Crippen molar-refractivity contribution in [1.82, 2.24) is 4.90 Å². The Morgan fingerprint density at radius 3 is 2.58 bits per heavy atom. The second-order valence-corrected chi connectivity index (χ2v) is 6.58. The molecule has 4 heteroatoms. The van der Waals surface area contributed by atoms with Crippen molar-refractivity contribution >= 4 is 5.84 Å². The maximum absolute atomic E-state index is 7.52. The van der Waals surface area contributed by atoms with Gasteiger partial charge in [0.25, 0.3) is 0 Å². The molecule has 19 heavy (non-hydrogen) atoms. The van der Waals surface area contributed by atoms with Crippen molar-refractivity contribution in [3.05, 3.63) is 0 Å². The second-order valence-electron chi connectivity index (χ2n) is 6.58. The largest absolute Gasteiger partial charge is 0.387 e. The van der Waals surface area contributed by atoms with Gasteiger partial charge >= 0.3 is 0 Å². The van der Waals surface area contributed by atoms with E-state index in [4.69, 9.17) is 15.9 Å². The van der Waals surface area contributed by atoms with Crippen LogP contribution in [0.15, 0.2) is 0 Å². The average Bonchev–Trinajstić information content (AvgIpc) is 3.14. The highest BCUT2D eigenvalue weighted by atomic mass is 16.5. The van der Waals surface area contributed by atoms with Crippen LogP contribution >= 0.6 is 0 Å². The summed E-state index contributed by atoms with van der Waals surface area (Å²) in [5.41, 5.74) is 5.43. The number of amidine groups is 1. The number of nitrogens with zero attached hydrogens (tertiary/aromatic N) is 1. The molecule has 4 nitrogen and oxygen atoms in total. The van der Waals surface area contributed by atoms with Gasteiger partial charge in [0, 0.05) is 18.6 Å². The number of likely N-dealkylation sites (N-methyl/N-ethyl adjacent to an activating group) is 1. The summed E-state index contributed by atoms with van der Waals surface area (Å²) in [6.45, 7) is 8.02. The third-order valence-electron chi connectivity index (χ3n) is 3.99. The molecule has 0 radical (unpaired) electrons. The average molecular weight is 269 g/mol. The molecule has 1 aliphatic rings. The van der Waals surface area contributed by atoms with Crippen molar-refractivity contribution in [2.24, 2.45) is 17.1 Å². The predicted molar refractivity (Wildman–Crippen MR) is 80.6 cm³/mol. The fourth-order valence-corrected chi connectivity index (χ4v) is 1.95. The van der Waals surface area contributed by atoms with E-state index in [2.05, 4.69) is 11.9 Å². The molecule has 1 fully saturated rings. The first-order valence-corrected chi connectivity index (χ1v) is 7.52. The van der Waals surface area contributed by atoms with E-state index in [9.17, 15) is 0 Å². The van der Waals surface area contributed by atoms with Gasteiger partial charge in [-0.2, -0.15) is 0 Å². The maximum Gasteiger partial charge on any atom is 0.0963 e. The molecule has 0 amide bonds. The van der Waals surface area contributed by atoms with E-state index in [0.29, 0.717) is 5.84 Å². The number of unbranched alkanes of at least 4 members (excludes halogenated alkanes) is 1. The van der Waals surface area contributed by atoms with Gasteiger partial charge in [-0.1, -0.05) is 20.3 Å². The fraction of sp³-hybridized carbons (Fsp3) is 0.933. The quantitative estimate of drug-likeness (QED) is 0.344. The van der Waals surface area contributed by atoms with Crippen molar-refractivity contribution in [2.75, 3.05) is 33.4 Å². The summed E-state index contributed by atoms with van der Waals surface area (Å²) >= 11 is 0. The van der Waals surface area contributed by atoms with E-state index >= 15 is 0 Å². The Hall–Kier alpha value is -0.610. The van der Waals surface area contributed by atoms with Crippen molar-refractivity contribution < 1.29 is 4.74 Å². The first-order chi connectivity index (χ1) is 8.92. The van der Waals surface area contributed by atoms with E-state index in [-0.39, 0.29) is 5.41 Å². The molecule has 0 saturated heterocycles. The van der Waals surface area contributed by atoms with Gasteiger partial charge in [-0.15, -0.1) is 0 Å². The van der Waals surface area contributed by atoms with Gasteiger partial charge in [0.2, 0.25) is 0 Å². The third-order valence-corrected chi connectivity index (χ3v) is 3.99. The van der Waals surface area contributed by atoms with Crippen LogP contribution in [0, 0.1) is 16.7 Å². The van der Waals surface area contributed by atoms with E-state index in [0.717, 1.165) is 51.5 Å². The highest BCUT2D eigenvalue weighted by Crippen LogP contribution is 2.28. The molecule has 0 unspecified atom stereocenters. The van der Waals surface area contributed by atoms with Crippen LogP contribution < -0.4 is 5.73 Å². The van der Waals surface area contributed by atoms with Gasteiger partial charge in [-0.3, -0.25) is 5.41 Å². The van der Waals surface area contributed by atoms with Gasteiger partial charge < -0.3 is 15.4 Å². The van der Waals surface area contributed by atoms with Gasteiger partial charge in [0.1, 0.15) is 0 Å². The van der Waals surface area contributed by atoms with Crippen molar-refractivity contribution in [3.8, 4) is 0 Å². The summed E-state index contributed by atoms with van der Waals surface area (Å²) in [4.78, 5) is 2.33. The van der Waals surface area contributed by atoms with Gasteiger partial charge in [-0.05, 0) is 45.2 Å². The minimum absolute atomic E-state index is 0.147. The number of hydrogen-bond acceptors (Lipinski definition) is 3. The van der Waals surface area contributed by atoms with E-state index in [1.54, 1.807) is 0 Å². The standard InChI is InChI=1S/C15H31N3O/c1-15(2,14(16)17)8-4-5-9-18(3)10-11-19-12-13-6-7-13/h13H,4-12H2,1-3H3,(H3,16,17). The summed E-state index contributed by atoms with van der Waals surface area (Å²) < 4.78 is 5.63. The lowest BCUT2D eigenvalue weighted by Gasteiger charge is -2.23. The minimum atomic E-state index is -0.147. The maximum atomic E-state index is 7.52. The summed E-state index contributed by atoms with van der Waals surface area (Å²) in [5.74, 6) is 1.16. The van der Waals surface area contributed by atoms with Crippen LogP contribution in [0.2, 0.25) is 0 Å². The number of nitrogens with one attached hydrogen (secondary N) is 1. The Morgan fingerprint density at radius 2 is 2.00 bits per heavy atom. The molecular weight excluding hydrogens is 238 g/mol. The van der Waals surface area contributed by atoms with Gasteiger partial charge in [0.15, 0.2) is 0 Å². The molecule has 0 bridgehead atoms. The van der Waals surface area contributed by atoms with Crippen LogP contribution in [0.3, 0.4) is 0 Å². The van der Waals surface area contributed by atoms with Crippen LogP contribution in [-0.4, -0.2) is 44.1 Å². The number of ether oxygens (including phenoxy) is 1. The van der Waals surface area contributed by atoms with E-state index in [1.807, 2.05) is 13.8 Å². The van der Waals surface area contributed by atoms with E-state index < -0.39 is 0 Å². The summed E-state index contributed by atoms with van der Waals surface area (Å²) in [5, 5.41) is 7.52. The fourth-order valence-electron chi connectivity index (χ4n) is 1.95. The zero-order valence-corrected chi connectivity index (χ0v) is 12.9. The molecule has 0 aliphatic heterocycles. The van der Waals surface area contributed by atoms with Crippen molar-refractivity contribution in [2.45, 2.75) is 46.0 Å². The zero-order chi connectivity index (χ0) is 14.3. The second kappa shape index (κ2) is 7.85. The first kappa shape index (κ1) is 16.4. The first-order valence-electron chi connectivity index (χ1n) is 7.52. The monoisotopic (exact) mass is 269 g/mol. The summed E-state index contributed by atoms with van der Waals surface area (Å²) in [6.07, 6.45) is 6.01. The Bertz CT molecular complexity index is 275. The van der Waals surface area contributed by atoms with Gasteiger partial charge in [-0.25, -0.2) is 0 Å². The lowest BCUT2D eigenvalue weighted by atomic mass is 9.86. The van der Waals surface area contributed by atoms with Crippen LogP contribution in [0.4, 0.5) is 0 Å². The Kier molecular flexibility index (Phi) is 6.80. The SMILES string of the molecule is CN(CCCCC(C)(C)C(=N)N)CCOCC1CC1. The Labute approximate surface area is 118 Å². The molecule has 0 atom stereocenters. The Morgan fingerprint density at radius 1 is 1.32 bits per heavy atom. The van der Waals surface area contributed by atoms with Crippen LogP contribution in [0.1, 0.15) is 46.0 Å². The topological polar surface area (TPSA) is 62.3 Å². The van der Waals surface area contributed by atoms with Gasteiger partial charge in [0.05, 0.1) is 12.4 Å². The molecule has 3 N–H and O–H groups in total. The summed E-state index contributed by atoms with van der Waals surface area (Å²) in [7, 11) is 2.15. The van der Waals surface area contributed by atoms with Crippen LogP contribution in [0.5, 0.6) is 0 Å². The van der Waals surface area contributed by atoms with E-state index in [1.165, 1.54) is 12.8 Å². The predicted octanol–water partition coefficient (Wildman–Crippen LogP) is 2.48. The summed E-state index contributed by atoms with van der Waals surface area (Å²) in [6, 6.07) is 0. The van der Waals surface area contributed by atoms with Crippen molar-refractivity contribution in [3.63, 3.8) is 0 Å². The van der Waals surface area contributed by atoms with Crippen LogP contribution in [-0.2, 0) is 4.74 Å². The number of nitrogens with two attached hydrogens (primary N) is 1. The Balaban J connectivity index is 1.94. The molecule has 1 saturated carbocycles. The number of rotatable bonds is 11. The van der Waals surface area contributed by atoms with Crippen LogP contribution in [0.25, 0.3) is 0 Å². The molecule has 0 aromatic heterocycles. The zero-order valence-electron chi connectivity index (χ0n) is 12.9. The molecule has 1 rings (SSSR count). The minimum Gasteiger partial charge on any atom is -0.387 e. The molecular formula is C15H31N3O. The molecule has 0 aromatic carbocycles. The molecule has 0 heterocycles. The highest BCUT2D eigenvalue weighted by molar-refractivity contribution is 5.82. The third kappa shape index (κ3) is 7.53. The molecule has 0 aromatic rings. The normalized spacial score (nSPS) is 16.0. The molecule has 0 spiro atoms. The molecule has 112 valence electrons. The number of hydrogen-bond donors (Lipinski definition) is 2. The highest BCUT2D eigenvalue weighted by Gasteiger charge is 2.21.